The molecule has 0 heterocycles. The van der Waals surface area contributed by atoms with Gasteiger partial charge in [-0.25, -0.2) is 4.79 Å². The lowest BCUT2D eigenvalue weighted by molar-refractivity contribution is -0.384. The van der Waals surface area contributed by atoms with Gasteiger partial charge in [0.2, 0.25) is 0 Å². The van der Waals surface area contributed by atoms with Gasteiger partial charge in [0.25, 0.3) is 5.69 Å². The number of hydrogen-bond donors (Lipinski definition) is 0. The zero-order chi connectivity index (χ0) is 18.2. The van der Waals surface area contributed by atoms with Gasteiger partial charge in [-0.15, -0.1) is 0 Å². The zero-order valence-electron chi connectivity index (χ0n) is 13.3. The van der Waals surface area contributed by atoms with E-state index >= 15 is 0 Å². The highest BCUT2D eigenvalue weighted by Crippen LogP contribution is 2.18. The Labute approximate surface area is 143 Å². The van der Waals surface area contributed by atoms with Crippen molar-refractivity contribution < 1.29 is 28.7 Å². The normalized spacial score (nSPS) is 9.96. The van der Waals surface area contributed by atoms with Crippen LogP contribution in [0.15, 0.2) is 48.5 Å². The van der Waals surface area contributed by atoms with Gasteiger partial charge in [0.15, 0.2) is 6.61 Å². The average molecular weight is 345 g/mol. The van der Waals surface area contributed by atoms with Crippen LogP contribution in [-0.4, -0.2) is 30.6 Å². The van der Waals surface area contributed by atoms with Crippen LogP contribution in [-0.2, 0) is 20.7 Å². The van der Waals surface area contributed by atoms with Crippen molar-refractivity contribution in [1.29, 1.82) is 0 Å². The summed E-state index contributed by atoms with van der Waals surface area (Å²) in [5.74, 6) is -0.359. The summed E-state index contributed by atoms with van der Waals surface area (Å²) in [6.45, 7) is -0.346. The van der Waals surface area contributed by atoms with Crippen molar-refractivity contribution in [3.8, 4) is 11.5 Å². The molecule has 0 aliphatic heterocycles. The molecule has 0 amide bonds. The van der Waals surface area contributed by atoms with Crippen molar-refractivity contribution in [2.45, 2.75) is 6.42 Å². The molecule has 0 unspecified atom stereocenters. The highest BCUT2D eigenvalue weighted by molar-refractivity contribution is 5.74. The van der Waals surface area contributed by atoms with Gasteiger partial charge in [-0.2, -0.15) is 0 Å². The van der Waals surface area contributed by atoms with Crippen LogP contribution >= 0.6 is 0 Å². The molecule has 130 valence electrons. The molecular weight excluding hydrogens is 330 g/mol. The molecule has 2 rings (SSSR count). The minimum Gasteiger partial charge on any atom is -0.482 e. The third-order valence-electron chi connectivity index (χ3n) is 3.14. The van der Waals surface area contributed by atoms with Gasteiger partial charge in [0.1, 0.15) is 11.5 Å². The zero-order valence-corrected chi connectivity index (χ0v) is 13.3. The van der Waals surface area contributed by atoms with Crippen molar-refractivity contribution in [3.05, 3.63) is 64.2 Å². The largest absolute Gasteiger partial charge is 0.482 e. The molecule has 0 aromatic heterocycles. The number of carbonyl (C=O) groups is 2. The van der Waals surface area contributed by atoms with E-state index in [9.17, 15) is 19.7 Å². The molecule has 0 saturated heterocycles. The van der Waals surface area contributed by atoms with Crippen molar-refractivity contribution in [2.24, 2.45) is 0 Å². The lowest BCUT2D eigenvalue weighted by Crippen LogP contribution is -2.17. The Hall–Kier alpha value is -3.42. The number of nitro groups is 1. The highest BCUT2D eigenvalue weighted by atomic mass is 16.6. The van der Waals surface area contributed by atoms with E-state index in [1.165, 1.54) is 31.4 Å². The van der Waals surface area contributed by atoms with Crippen molar-refractivity contribution >= 4 is 17.6 Å². The first-order valence-electron chi connectivity index (χ1n) is 7.21. The number of methoxy groups -OCH3 is 1. The fourth-order valence-electron chi connectivity index (χ4n) is 1.88. The fraction of sp³-hybridized carbons (Fsp3) is 0.176. The number of esters is 2. The summed E-state index contributed by atoms with van der Waals surface area (Å²) >= 11 is 0. The quantitative estimate of drug-likeness (QED) is 0.328. The number of ether oxygens (including phenoxy) is 3. The Kier molecular flexibility index (Phi) is 6.05. The van der Waals surface area contributed by atoms with Crippen LogP contribution in [0.25, 0.3) is 0 Å². The number of nitro benzene ring substituents is 1. The van der Waals surface area contributed by atoms with Crippen LogP contribution in [0.5, 0.6) is 11.5 Å². The van der Waals surface area contributed by atoms with Crippen LogP contribution < -0.4 is 9.47 Å². The second-order valence-corrected chi connectivity index (χ2v) is 4.91. The first-order valence-corrected chi connectivity index (χ1v) is 7.21. The van der Waals surface area contributed by atoms with Crippen LogP contribution in [0.1, 0.15) is 5.56 Å². The third-order valence-corrected chi connectivity index (χ3v) is 3.14. The van der Waals surface area contributed by atoms with Crippen LogP contribution in [0.2, 0.25) is 0 Å². The van der Waals surface area contributed by atoms with E-state index in [0.717, 1.165) is 5.56 Å². The summed E-state index contributed by atoms with van der Waals surface area (Å²) in [4.78, 5) is 32.9. The van der Waals surface area contributed by atoms with Crippen LogP contribution in [0.3, 0.4) is 0 Å². The highest BCUT2D eigenvalue weighted by Gasteiger charge is 2.09. The lowest BCUT2D eigenvalue weighted by atomic mass is 10.1. The molecule has 0 bridgehead atoms. The maximum atomic E-state index is 11.7. The molecule has 8 heteroatoms. The molecule has 0 aliphatic carbocycles. The van der Waals surface area contributed by atoms with Gasteiger partial charge >= 0.3 is 11.9 Å². The summed E-state index contributed by atoms with van der Waals surface area (Å²) in [7, 11) is 1.31. The molecule has 2 aromatic rings. The number of nitrogens with zero attached hydrogens (tertiary/aromatic N) is 1. The smallest absolute Gasteiger partial charge is 0.349 e. The third kappa shape index (κ3) is 5.61. The number of non-ortho nitro benzene ring substituents is 1. The summed E-state index contributed by atoms with van der Waals surface area (Å²) in [6.07, 6.45) is 0.133. The van der Waals surface area contributed by atoms with E-state index in [0.29, 0.717) is 11.5 Å². The predicted molar refractivity (Wildman–Crippen MR) is 86.4 cm³/mol. The van der Waals surface area contributed by atoms with E-state index in [1.807, 2.05) is 0 Å². The molecule has 8 nitrogen and oxygen atoms in total. The SMILES string of the molecule is COC(=O)Cc1ccc(OC(=O)COc2ccc([N+](=O)[O-])cc2)cc1. The molecule has 0 fully saturated rings. The van der Waals surface area contributed by atoms with Gasteiger partial charge < -0.3 is 14.2 Å². The first-order chi connectivity index (χ1) is 12.0. The van der Waals surface area contributed by atoms with E-state index in [4.69, 9.17) is 9.47 Å². The summed E-state index contributed by atoms with van der Waals surface area (Å²) < 4.78 is 14.9. The second kappa shape index (κ2) is 8.44. The minimum absolute atomic E-state index is 0.0676. The number of benzene rings is 2. The molecule has 0 aliphatic rings. The molecule has 2 aromatic carbocycles. The van der Waals surface area contributed by atoms with Crippen molar-refractivity contribution in [3.63, 3.8) is 0 Å². The molecular formula is C17H15NO7. The van der Waals surface area contributed by atoms with E-state index < -0.39 is 10.9 Å². The van der Waals surface area contributed by atoms with Gasteiger partial charge in [-0.05, 0) is 29.8 Å². The standard InChI is InChI=1S/C17H15NO7/c1-23-16(19)10-12-2-6-15(7-3-12)25-17(20)11-24-14-8-4-13(5-9-14)18(21)22/h2-9H,10-11H2,1H3. The van der Waals surface area contributed by atoms with Crippen LogP contribution in [0.4, 0.5) is 5.69 Å². The van der Waals surface area contributed by atoms with Gasteiger partial charge in [-0.3, -0.25) is 14.9 Å². The Balaban J connectivity index is 1.83. The van der Waals surface area contributed by atoms with Gasteiger partial charge in [0.05, 0.1) is 18.5 Å². The predicted octanol–water partition coefficient (Wildman–Crippen LogP) is 2.29. The molecule has 0 radical (unpaired) electrons. The lowest BCUT2D eigenvalue weighted by Gasteiger charge is -2.07. The molecule has 0 spiro atoms. The number of rotatable bonds is 7. The minimum atomic E-state index is -0.626. The average Bonchev–Trinajstić information content (AvgIpc) is 2.62. The topological polar surface area (TPSA) is 105 Å². The molecule has 0 saturated carbocycles. The Morgan fingerprint density at radius 1 is 0.960 bits per heavy atom. The molecule has 0 N–H and O–H groups in total. The summed E-state index contributed by atoms with van der Waals surface area (Å²) in [5, 5.41) is 10.5. The monoisotopic (exact) mass is 345 g/mol. The summed E-state index contributed by atoms with van der Waals surface area (Å²) in [5.41, 5.74) is 0.663. The van der Waals surface area contributed by atoms with E-state index in [2.05, 4.69) is 4.74 Å². The molecule has 0 atom stereocenters. The Bertz CT molecular complexity index is 754. The number of hydrogen-bond acceptors (Lipinski definition) is 7. The first kappa shape index (κ1) is 17.9. The summed E-state index contributed by atoms with van der Waals surface area (Å²) in [6, 6.07) is 11.8. The maximum Gasteiger partial charge on any atom is 0.349 e. The van der Waals surface area contributed by atoms with Gasteiger partial charge in [0, 0.05) is 12.1 Å². The Morgan fingerprint density at radius 3 is 2.12 bits per heavy atom. The second-order valence-electron chi connectivity index (χ2n) is 4.91. The fourth-order valence-corrected chi connectivity index (χ4v) is 1.88. The van der Waals surface area contributed by atoms with Crippen LogP contribution in [0, 0.1) is 10.1 Å². The molecule has 25 heavy (non-hydrogen) atoms. The maximum absolute atomic E-state index is 11.7. The Morgan fingerprint density at radius 2 is 1.56 bits per heavy atom. The van der Waals surface area contributed by atoms with Crippen molar-refractivity contribution in [1.82, 2.24) is 0 Å². The van der Waals surface area contributed by atoms with Gasteiger partial charge in [-0.1, -0.05) is 12.1 Å². The van der Waals surface area contributed by atoms with Crippen molar-refractivity contribution in [2.75, 3.05) is 13.7 Å². The van der Waals surface area contributed by atoms with E-state index in [-0.39, 0.29) is 24.7 Å². The number of carbonyl (C=O) groups excluding carboxylic acids is 2. The van der Waals surface area contributed by atoms with E-state index in [1.54, 1.807) is 24.3 Å².